The van der Waals surface area contributed by atoms with E-state index in [4.69, 9.17) is 5.11 Å². The lowest BCUT2D eigenvalue weighted by molar-refractivity contribution is -0.131. The van der Waals surface area contributed by atoms with Crippen LogP contribution in [0.25, 0.3) is 10.9 Å². The standard InChI is InChI=1S/C11H6FNO4/c12-7-2-1-5(4-14)9-8(7)6(3-13-9)10(15)11(16)17/h1-4,13H,(H,16,17). The number of aromatic nitrogens is 1. The third kappa shape index (κ3) is 1.59. The molecule has 0 amide bonds. The van der Waals surface area contributed by atoms with Crippen LogP contribution in [0, 0.1) is 5.82 Å². The maximum absolute atomic E-state index is 13.5. The molecule has 17 heavy (non-hydrogen) atoms. The van der Waals surface area contributed by atoms with Gasteiger partial charge in [-0.1, -0.05) is 0 Å². The maximum atomic E-state index is 13.5. The molecule has 86 valence electrons. The number of nitrogens with one attached hydrogen (secondary N) is 1. The summed E-state index contributed by atoms with van der Waals surface area (Å²) in [5.41, 5.74) is -0.0239. The molecule has 6 heteroatoms. The minimum atomic E-state index is -1.68. The van der Waals surface area contributed by atoms with Crippen molar-refractivity contribution in [1.29, 1.82) is 0 Å². The minimum absolute atomic E-state index is 0.115. The molecule has 0 fully saturated rings. The number of hydrogen-bond acceptors (Lipinski definition) is 3. The highest BCUT2D eigenvalue weighted by Gasteiger charge is 2.22. The van der Waals surface area contributed by atoms with E-state index in [-0.39, 0.29) is 22.0 Å². The zero-order chi connectivity index (χ0) is 12.6. The van der Waals surface area contributed by atoms with Gasteiger partial charge in [-0.05, 0) is 12.1 Å². The molecular weight excluding hydrogens is 229 g/mol. The Labute approximate surface area is 93.9 Å². The van der Waals surface area contributed by atoms with Crippen LogP contribution >= 0.6 is 0 Å². The van der Waals surface area contributed by atoms with Crippen LogP contribution < -0.4 is 0 Å². The van der Waals surface area contributed by atoms with Crippen LogP contribution in [0.3, 0.4) is 0 Å². The lowest BCUT2D eigenvalue weighted by Gasteiger charge is -1.98. The number of aromatic amines is 1. The molecule has 2 rings (SSSR count). The average molecular weight is 235 g/mol. The Hall–Kier alpha value is -2.50. The van der Waals surface area contributed by atoms with Gasteiger partial charge in [0.05, 0.1) is 11.1 Å². The van der Waals surface area contributed by atoms with Crippen LogP contribution in [0.4, 0.5) is 4.39 Å². The molecule has 0 bridgehead atoms. The Bertz CT molecular complexity index is 644. The molecule has 0 unspecified atom stereocenters. The number of carboxylic acids is 1. The lowest BCUT2D eigenvalue weighted by Crippen LogP contribution is -2.12. The number of ketones is 1. The van der Waals surface area contributed by atoms with Gasteiger partial charge >= 0.3 is 5.97 Å². The van der Waals surface area contributed by atoms with Crippen LogP contribution in [-0.4, -0.2) is 28.1 Å². The highest BCUT2D eigenvalue weighted by molar-refractivity contribution is 6.42. The fourth-order valence-electron chi connectivity index (χ4n) is 1.62. The molecule has 0 radical (unpaired) electrons. The van der Waals surface area contributed by atoms with E-state index in [0.29, 0.717) is 6.29 Å². The van der Waals surface area contributed by atoms with Gasteiger partial charge in [0.1, 0.15) is 5.82 Å². The molecule has 0 spiro atoms. The summed E-state index contributed by atoms with van der Waals surface area (Å²) in [4.78, 5) is 35.1. The number of benzene rings is 1. The maximum Gasteiger partial charge on any atom is 0.377 e. The van der Waals surface area contributed by atoms with Crippen molar-refractivity contribution in [2.45, 2.75) is 0 Å². The fraction of sp³-hybridized carbons (Fsp3) is 0. The van der Waals surface area contributed by atoms with Gasteiger partial charge in [0, 0.05) is 17.1 Å². The van der Waals surface area contributed by atoms with Crippen LogP contribution in [0.5, 0.6) is 0 Å². The second-order valence-corrected chi connectivity index (χ2v) is 3.34. The van der Waals surface area contributed by atoms with E-state index >= 15 is 0 Å². The number of aliphatic carboxylic acids is 1. The first-order chi connectivity index (χ1) is 8.06. The van der Waals surface area contributed by atoms with Crippen molar-refractivity contribution in [3.8, 4) is 0 Å². The SMILES string of the molecule is O=Cc1ccc(F)c2c(C(=O)C(=O)O)c[nH]c12. The lowest BCUT2D eigenvalue weighted by atomic mass is 10.1. The van der Waals surface area contributed by atoms with Crippen molar-refractivity contribution in [1.82, 2.24) is 4.98 Å². The number of halogens is 1. The van der Waals surface area contributed by atoms with E-state index in [1.165, 1.54) is 6.07 Å². The van der Waals surface area contributed by atoms with E-state index in [2.05, 4.69) is 4.98 Å². The molecule has 1 heterocycles. The summed E-state index contributed by atoms with van der Waals surface area (Å²) in [5, 5.41) is 8.40. The normalized spacial score (nSPS) is 10.4. The Kier molecular flexibility index (Phi) is 2.47. The van der Waals surface area contributed by atoms with Gasteiger partial charge in [-0.2, -0.15) is 0 Å². The molecule has 2 aromatic rings. The highest BCUT2D eigenvalue weighted by Crippen LogP contribution is 2.24. The minimum Gasteiger partial charge on any atom is -0.475 e. The van der Waals surface area contributed by atoms with Gasteiger partial charge in [0.25, 0.3) is 5.78 Å². The van der Waals surface area contributed by atoms with Crippen molar-refractivity contribution in [3.05, 3.63) is 35.3 Å². The number of rotatable bonds is 3. The zero-order valence-electron chi connectivity index (χ0n) is 8.36. The topological polar surface area (TPSA) is 87.2 Å². The Morgan fingerprint density at radius 1 is 1.35 bits per heavy atom. The third-order valence-corrected chi connectivity index (χ3v) is 2.38. The molecule has 1 aromatic carbocycles. The number of Topliss-reactive ketones (excluding diaryl/α,β-unsaturated/α-hetero) is 1. The van der Waals surface area contributed by atoms with Crippen LogP contribution in [0.1, 0.15) is 20.7 Å². The molecule has 0 aliphatic carbocycles. The third-order valence-electron chi connectivity index (χ3n) is 2.38. The van der Waals surface area contributed by atoms with Crippen molar-refractivity contribution < 1.29 is 23.9 Å². The predicted octanol–water partition coefficient (Wildman–Crippen LogP) is 1.39. The molecule has 0 aliphatic rings. The Morgan fingerprint density at radius 3 is 2.65 bits per heavy atom. The smallest absolute Gasteiger partial charge is 0.377 e. The fourth-order valence-corrected chi connectivity index (χ4v) is 1.62. The highest BCUT2D eigenvalue weighted by atomic mass is 19.1. The van der Waals surface area contributed by atoms with Crippen LogP contribution in [0.15, 0.2) is 18.3 Å². The van der Waals surface area contributed by atoms with E-state index in [9.17, 15) is 18.8 Å². The molecule has 1 aromatic heterocycles. The van der Waals surface area contributed by atoms with E-state index < -0.39 is 17.6 Å². The summed E-state index contributed by atoms with van der Waals surface area (Å²) < 4.78 is 13.5. The number of carbonyl (C=O) groups is 3. The molecule has 0 saturated heterocycles. The quantitative estimate of drug-likeness (QED) is 0.478. The van der Waals surface area contributed by atoms with Crippen molar-refractivity contribution in [3.63, 3.8) is 0 Å². The van der Waals surface area contributed by atoms with Gasteiger partial charge < -0.3 is 10.1 Å². The first-order valence-electron chi connectivity index (χ1n) is 4.58. The summed E-state index contributed by atoms with van der Waals surface area (Å²) in [6, 6.07) is 2.26. The van der Waals surface area contributed by atoms with E-state index in [0.717, 1.165) is 12.3 Å². The second kappa shape index (κ2) is 3.82. The average Bonchev–Trinajstić information content (AvgIpc) is 2.74. The summed E-state index contributed by atoms with van der Waals surface area (Å²) in [7, 11) is 0. The number of aldehydes is 1. The van der Waals surface area contributed by atoms with Crippen LogP contribution in [0.2, 0.25) is 0 Å². The molecule has 0 saturated carbocycles. The first-order valence-corrected chi connectivity index (χ1v) is 4.58. The molecule has 0 atom stereocenters. The zero-order valence-corrected chi connectivity index (χ0v) is 8.36. The Balaban J connectivity index is 2.80. The van der Waals surface area contributed by atoms with Gasteiger partial charge in [0.15, 0.2) is 6.29 Å². The van der Waals surface area contributed by atoms with E-state index in [1.807, 2.05) is 0 Å². The monoisotopic (exact) mass is 235 g/mol. The van der Waals surface area contributed by atoms with Crippen molar-refractivity contribution in [2.24, 2.45) is 0 Å². The molecule has 0 aliphatic heterocycles. The van der Waals surface area contributed by atoms with Gasteiger partial charge in [-0.3, -0.25) is 9.59 Å². The van der Waals surface area contributed by atoms with Crippen LogP contribution in [-0.2, 0) is 4.79 Å². The van der Waals surface area contributed by atoms with Gasteiger partial charge in [-0.25, -0.2) is 9.18 Å². The Morgan fingerprint density at radius 2 is 2.06 bits per heavy atom. The molecule has 5 nitrogen and oxygen atoms in total. The number of carboxylic acid groups (broad SMARTS) is 1. The summed E-state index contributed by atoms with van der Waals surface area (Å²) in [6.07, 6.45) is 1.57. The van der Waals surface area contributed by atoms with Crippen molar-refractivity contribution >= 4 is 28.9 Å². The number of hydrogen-bond donors (Lipinski definition) is 2. The van der Waals surface area contributed by atoms with Gasteiger partial charge in [0.2, 0.25) is 0 Å². The first kappa shape index (κ1) is 11.0. The predicted molar refractivity (Wildman–Crippen MR) is 55.6 cm³/mol. The number of carbonyl (C=O) groups excluding carboxylic acids is 2. The summed E-state index contributed by atoms with van der Waals surface area (Å²) in [5.74, 6) is -3.66. The van der Waals surface area contributed by atoms with Gasteiger partial charge in [-0.15, -0.1) is 0 Å². The summed E-state index contributed by atoms with van der Waals surface area (Å²) >= 11 is 0. The molecule has 2 N–H and O–H groups in total. The van der Waals surface area contributed by atoms with Crippen molar-refractivity contribution in [2.75, 3.05) is 0 Å². The second-order valence-electron chi connectivity index (χ2n) is 3.34. The number of fused-ring (bicyclic) bond motifs is 1. The van der Waals surface area contributed by atoms with E-state index in [1.54, 1.807) is 0 Å². The summed E-state index contributed by atoms with van der Waals surface area (Å²) in [6.45, 7) is 0. The molecular formula is C11H6FNO4. The number of H-pyrrole nitrogens is 1. The largest absolute Gasteiger partial charge is 0.475 e.